The molecule has 18 heavy (non-hydrogen) atoms. The van der Waals surface area contributed by atoms with E-state index in [0.29, 0.717) is 6.04 Å². The van der Waals surface area contributed by atoms with Crippen molar-refractivity contribution in [2.24, 2.45) is 0 Å². The van der Waals surface area contributed by atoms with Crippen molar-refractivity contribution in [2.45, 2.75) is 32.4 Å². The van der Waals surface area contributed by atoms with E-state index in [1.54, 1.807) is 0 Å². The molecular weight excluding hydrogens is 246 g/mol. The second kappa shape index (κ2) is 4.65. The second-order valence-corrected chi connectivity index (χ2v) is 5.25. The molecule has 3 nitrogen and oxygen atoms in total. The monoisotopic (exact) mass is 261 g/mol. The summed E-state index contributed by atoms with van der Waals surface area (Å²) in [7, 11) is 0. The van der Waals surface area contributed by atoms with Crippen LogP contribution >= 0.6 is 11.6 Å². The summed E-state index contributed by atoms with van der Waals surface area (Å²) < 4.78 is 2.13. The number of halogens is 1. The third-order valence-corrected chi connectivity index (χ3v) is 3.47. The summed E-state index contributed by atoms with van der Waals surface area (Å²) in [6, 6.07) is 8.55. The zero-order valence-electron chi connectivity index (χ0n) is 10.4. The predicted octanol–water partition coefficient (Wildman–Crippen LogP) is 3.47. The Morgan fingerprint density at radius 3 is 2.89 bits per heavy atom. The van der Waals surface area contributed by atoms with Crippen molar-refractivity contribution in [3.05, 3.63) is 46.7 Å². The Morgan fingerprint density at radius 1 is 1.39 bits per heavy atom. The predicted molar refractivity (Wildman–Crippen MR) is 74.2 cm³/mol. The van der Waals surface area contributed by atoms with Gasteiger partial charge in [0, 0.05) is 17.3 Å². The summed E-state index contributed by atoms with van der Waals surface area (Å²) in [4.78, 5) is 4.53. The van der Waals surface area contributed by atoms with Gasteiger partial charge in [0.25, 0.3) is 0 Å². The van der Waals surface area contributed by atoms with Crippen molar-refractivity contribution in [3.63, 3.8) is 0 Å². The number of anilines is 1. The normalized spacial score (nSPS) is 14.8. The van der Waals surface area contributed by atoms with Crippen LogP contribution in [0.25, 0.3) is 0 Å². The highest BCUT2D eigenvalue weighted by molar-refractivity contribution is 6.31. The quantitative estimate of drug-likeness (QED) is 0.913. The molecule has 0 spiro atoms. The Bertz CT molecular complexity index is 558. The molecule has 1 N–H and O–H groups in total. The highest BCUT2D eigenvalue weighted by Gasteiger charge is 2.23. The number of hydrogen-bond acceptors (Lipinski definition) is 2. The Hall–Kier alpha value is -1.48. The molecule has 0 aliphatic heterocycles. The molecule has 3 rings (SSSR count). The first-order valence-corrected chi connectivity index (χ1v) is 6.64. The van der Waals surface area contributed by atoms with Crippen molar-refractivity contribution < 1.29 is 0 Å². The van der Waals surface area contributed by atoms with E-state index >= 15 is 0 Å². The molecule has 0 bridgehead atoms. The third-order valence-electron chi connectivity index (χ3n) is 3.11. The first kappa shape index (κ1) is 11.6. The molecule has 1 aromatic carbocycles. The fraction of sp³-hybridized carbons (Fsp3) is 0.357. The van der Waals surface area contributed by atoms with Crippen LogP contribution in [0.2, 0.25) is 5.02 Å². The lowest BCUT2D eigenvalue weighted by atomic mass is 10.2. The fourth-order valence-corrected chi connectivity index (χ4v) is 2.20. The smallest absolute Gasteiger partial charge is 0.203 e. The van der Waals surface area contributed by atoms with E-state index in [2.05, 4.69) is 27.1 Å². The van der Waals surface area contributed by atoms with Crippen LogP contribution in [0.3, 0.4) is 0 Å². The lowest BCUT2D eigenvalue weighted by Gasteiger charge is -2.10. The van der Waals surface area contributed by atoms with Crippen molar-refractivity contribution in [1.82, 2.24) is 9.55 Å². The van der Waals surface area contributed by atoms with E-state index in [-0.39, 0.29) is 0 Å². The highest BCUT2D eigenvalue weighted by Crippen LogP contribution is 2.25. The van der Waals surface area contributed by atoms with Gasteiger partial charge in [0.2, 0.25) is 5.95 Å². The van der Waals surface area contributed by atoms with Crippen LogP contribution in [-0.2, 0) is 6.54 Å². The summed E-state index contributed by atoms with van der Waals surface area (Å²) in [5.74, 6) is 0.954. The molecule has 0 atom stereocenters. The maximum absolute atomic E-state index is 6.20. The highest BCUT2D eigenvalue weighted by atomic mass is 35.5. The molecule has 94 valence electrons. The SMILES string of the molecule is Cc1cn(Cc2ccccc2Cl)c(NC2CC2)n1. The van der Waals surface area contributed by atoms with Crippen LogP contribution < -0.4 is 5.32 Å². The number of nitrogens with zero attached hydrogens (tertiary/aromatic N) is 2. The van der Waals surface area contributed by atoms with E-state index in [1.165, 1.54) is 12.8 Å². The molecule has 2 aromatic rings. The molecule has 0 saturated heterocycles. The molecular formula is C14H16ClN3. The summed E-state index contributed by atoms with van der Waals surface area (Å²) in [5.41, 5.74) is 2.15. The van der Waals surface area contributed by atoms with Gasteiger partial charge in [-0.25, -0.2) is 4.98 Å². The summed E-state index contributed by atoms with van der Waals surface area (Å²) >= 11 is 6.20. The van der Waals surface area contributed by atoms with Crippen LogP contribution in [0.1, 0.15) is 24.1 Å². The number of benzene rings is 1. The van der Waals surface area contributed by atoms with E-state index in [4.69, 9.17) is 11.6 Å². The number of aryl methyl sites for hydroxylation is 1. The van der Waals surface area contributed by atoms with E-state index < -0.39 is 0 Å². The van der Waals surface area contributed by atoms with Crippen LogP contribution in [0.5, 0.6) is 0 Å². The van der Waals surface area contributed by atoms with Gasteiger partial charge in [0.05, 0.1) is 12.2 Å². The Kier molecular flexibility index (Phi) is 3.00. The third kappa shape index (κ3) is 2.51. The minimum Gasteiger partial charge on any atom is -0.353 e. The van der Waals surface area contributed by atoms with Crippen molar-refractivity contribution in [1.29, 1.82) is 0 Å². The zero-order chi connectivity index (χ0) is 12.5. The molecule has 0 amide bonds. The van der Waals surface area contributed by atoms with Gasteiger partial charge in [0.1, 0.15) is 0 Å². The minimum absolute atomic E-state index is 0.608. The first-order chi connectivity index (χ1) is 8.72. The first-order valence-electron chi connectivity index (χ1n) is 6.26. The molecule has 1 saturated carbocycles. The van der Waals surface area contributed by atoms with Crippen LogP contribution in [0, 0.1) is 6.92 Å². The van der Waals surface area contributed by atoms with Crippen LogP contribution in [0.15, 0.2) is 30.5 Å². The van der Waals surface area contributed by atoms with E-state index in [1.807, 2.05) is 25.1 Å². The van der Waals surface area contributed by atoms with E-state index in [9.17, 15) is 0 Å². The van der Waals surface area contributed by atoms with Gasteiger partial charge in [-0.05, 0) is 31.4 Å². The molecule has 1 heterocycles. The maximum Gasteiger partial charge on any atom is 0.203 e. The van der Waals surface area contributed by atoms with Crippen molar-refractivity contribution in [3.8, 4) is 0 Å². The number of rotatable bonds is 4. The molecule has 0 unspecified atom stereocenters. The zero-order valence-corrected chi connectivity index (χ0v) is 11.1. The topological polar surface area (TPSA) is 29.9 Å². The summed E-state index contributed by atoms with van der Waals surface area (Å²) in [6.45, 7) is 2.77. The van der Waals surface area contributed by atoms with Gasteiger partial charge >= 0.3 is 0 Å². The van der Waals surface area contributed by atoms with Crippen LogP contribution in [-0.4, -0.2) is 15.6 Å². The van der Waals surface area contributed by atoms with Gasteiger partial charge in [-0.15, -0.1) is 0 Å². The van der Waals surface area contributed by atoms with E-state index in [0.717, 1.165) is 28.8 Å². The summed E-state index contributed by atoms with van der Waals surface area (Å²) in [6.07, 6.45) is 4.56. The maximum atomic E-state index is 6.20. The molecule has 1 aliphatic carbocycles. The average Bonchev–Trinajstić information content (AvgIpc) is 3.07. The standard InChI is InChI=1S/C14H16ClN3/c1-10-8-18(14(16-10)17-12-6-7-12)9-11-4-2-3-5-13(11)15/h2-5,8,12H,6-7,9H2,1H3,(H,16,17). The molecule has 1 fully saturated rings. The van der Waals surface area contributed by atoms with Crippen LogP contribution in [0.4, 0.5) is 5.95 Å². The summed E-state index contributed by atoms with van der Waals surface area (Å²) in [5, 5.41) is 4.26. The van der Waals surface area contributed by atoms with Gasteiger partial charge in [-0.3, -0.25) is 0 Å². The molecule has 0 radical (unpaired) electrons. The lowest BCUT2D eigenvalue weighted by molar-refractivity contribution is 0.796. The lowest BCUT2D eigenvalue weighted by Crippen LogP contribution is -2.09. The number of aromatic nitrogens is 2. The Labute approximate surface area is 112 Å². The average molecular weight is 262 g/mol. The molecule has 4 heteroatoms. The number of hydrogen-bond donors (Lipinski definition) is 1. The van der Waals surface area contributed by atoms with Gasteiger partial charge < -0.3 is 9.88 Å². The largest absolute Gasteiger partial charge is 0.353 e. The fourth-order valence-electron chi connectivity index (χ4n) is 2.00. The van der Waals surface area contributed by atoms with Gasteiger partial charge in [0.15, 0.2) is 0 Å². The van der Waals surface area contributed by atoms with Crippen molar-refractivity contribution in [2.75, 3.05) is 5.32 Å². The number of imidazole rings is 1. The van der Waals surface area contributed by atoms with Gasteiger partial charge in [-0.1, -0.05) is 29.8 Å². The Balaban J connectivity index is 1.85. The molecule has 1 aliphatic rings. The van der Waals surface area contributed by atoms with Crippen molar-refractivity contribution >= 4 is 17.5 Å². The Morgan fingerprint density at radius 2 is 2.17 bits per heavy atom. The molecule has 1 aromatic heterocycles. The minimum atomic E-state index is 0.608. The van der Waals surface area contributed by atoms with Gasteiger partial charge in [-0.2, -0.15) is 0 Å². The second-order valence-electron chi connectivity index (χ2n) is 4.84. The number of nitrogens with one attached hydrogen (secondary N) is 1.